The van der Waals surface area contributed by atoms with Crippen molar-refractivity contribution in [3.63, 3.8) is 0 Å². The number of esters is 1. The first-order chi connectivity index (χ1) is 11.0. The zero-order valence-corrected chi connectivity index (χ0v) is 18.2. The summed E-state index contributed by atoms with van der Waals surface area (Å²) in [6, 6.07) is 0. The number of hydrogen-bond donors (Lipinski definition) is 1. The predicted molar refractivity (Wildman–Crippen MR) is 97.9 cm³/mol. The van der Waals surface area contributed by atoms with E-state index in [1.165, 1.54) is 0 Å². The van der Waals surface area contributed by atoms with Crippen LogP contribution in [0.25, 0.3) is 0 Å². The van der Waals surface area contributed by atoms with Crippen LogP contribution in [0.5, 0.6) is 0 Å². The molecule has 0 aliphatic rings. The van der Waals surface area contributed by atoms with Gasteiger partial charge in [0.25, 0.3) is 0 Å². The molecule has 7 heteroatoms. The van der Waals surface area contributed by atoms with Gasteiger partial charge in [0.05, 0.1) is 6.61 Å². The van der Waals surface area contributed by atoms with Crippen molar-refractivity contribution in [2.45, 2.75) is 86.0 Å². The summed E-state index contributed by atoms with van der Waals surface area (Å²) in [6.07, 6.45) is 1.15. The normalized spacial score (nSPS) is 12.1. The van der Waals surface area contributed by atoms with Crippen LogP contribution in [0.1, 0.15) is 67.7 Å². The SMILES string of the molecule is C=C(C)C(=O)OCCO.CCC(C)[O-].CCC(C)[O-].CCC(C)[O-].[Al+3]. The van der Waals surface area contributed by atoms with Crippen LogP contribution in [0, 0.1) is 0 Å². The van der Waals surface area contributed by atoms with E-state index in [4.69, 9.17) is 5.11 Å². The zero-order valence-electron chi connectivity index (χ0n) is 17.0. The first kappa shape index (κ1) is 35.7. The maximum absolute atomic E-state index is 10.5. The summed E-state index contributed by atoms with van der Waals surface area (Å²) in [5.41, 5.74) is 0.350. The molecule has 0 saturated heterocycles. The fourth-order valence-corrected chi connectivity index (χ4v) is 0.262. The van der Waals surface area contributed by atoms with E-state index in [0.717, 1.165) is 19.3 Å². The van der Waals surface area contributed by atoms with Crippen LogP contribution in [0.2, 0.25) is 0 Å². The molecule has 148 valence electrons. The van der Waals surface area contributed by atoms with Crippen molar-refractivity contribution >= 4 is 23.3 Å². The second-order valence-electron chi connectivity index (χ2n) is 5.30. The van der Waals surface area contributed by atoms with Gasteiger partial charge in [-0.15, -0.1) is 18.3 Å². The summed E-state index contributed by atoms with van der Waals surface area (Å²) >= 11 is 0. The van der Waals surface area contributed by atoms with E-state index in [1.807, 2.05) is 20.8 Å². The van der Waals surface area contributed by atoms with Gasteiger partial charge in [-0.2, -0.15) is 0 Å². The van der Waals surface area contributed by atoms with E-state index >= 15 is 0 Å². The average Bonchev–Trinajstić information content (AvgIpc) is 2.53. The van der Waals surface area contributed by atoms with Gasteiger partial charge < -0.3 is 25.2 Å². The van der Waals surface area contributed by atoms with E-state index in [0.29, 0.717) is 5.57 Å². The molecule has 0 aliphatic heterocycles. The number of aliphatic hydroxyl groups is 1. The van der Waals surface area contributed by atoms with Gasteiger partial charge in [-0.1, -0.05) is 67.4 Å². The third-order valence-electron chi connectivity index (χ3n) is 2.40. The van der Waals surface area contributed by atoms with Gasteiger partial charge in [-0.3, -0.25) is 0 Å². The molecular weight excluding hydrogens is 339 g/mol. The van der Waals surface area contributed by atoms with Crippen LogP contribution in [0.15, 0.2) is 12.2 Å². The van der Waals surface area contributed by atoms with Gasteiger partial charge in [-0.25, -0.2) is 4.79 Å². The van der Waals surface area contributed by atoms with Gasteiger partial charge in [0.15, 0.2) is 0 Å². The molecule has 0 aromatic rings. The topological polar surface area (TPSA) is 116 Å². The quantitative estimate of drug-likeness (QED) is 0.401. The average molecular weight is 376 g/mol. The number of carbonyl (C=O) groups is 1. The Hall–Kier alpha value is -0.418. The summed E-state index contributed by atoms with van der Waals surface area (Å²) in [7, 11) is 0. The third kappa shape index (κ3) is 59.5. The Labute approximate surface area is 165 Å². The number of aliphatic hydroxyl groups excluding tert-OH is 1. The molecule has 0 aromatic heterocycles. The molecule has 1 N–H and O–H groups in total. The van der Waals surface area contributed by atoms with E-state index in [2.05, 4.69) is 11.3 Å². The molecule has 0 amide bonds. The predicted octanol–water partition coefficient (Wildman–Crippen LogP) is 0.153. The minimum Gasteiger partial charge on any atom is -0.852 e. The number of rotatable bonds is 6. The van der Waals surface area contributed by atoms with E-state index in [9.17, 15) is 20.1 Å². The summed E-state index contributed by atoms with van der Waals surface area (Å²) in [4.78, 5) is 10.5. The Morgan fingerprint density at radius 1 is 0.960 bits per heavy atom. The monoisotopic (exact) mass is 376 g/mol. The van der Waals surface area contributed by atoms with Crippen LogP contribution in [-0.4, -0.2) is 60.0 Å². The minimum atomic E-state index is -0.455. The molecule has 0 heterocycles. The number of carbonyl (C=O) groups excluding carboxylic acids is 1. The fourth-order valence-electron chi connectivity index (χ4n) is 0.262. The van der Waals surface area contributed by atoms with E-state index in [-0.39, 0.29) is 48.9 Å². The Morgan fingerprint density at radius 2 is 1.20 bits per heavy atom. The Kier molecular flexibility index (Phi) is 40.5. The van der Waals surface area contributed by atoms with Gasteiger partial charge in [0.1, 0.15) is 6.61 Å². The molecule has 0 spiro atoms. The second-order valence-corrected chi connectivity index (χ2v) is 5.30. The van der Waals surface area contributed by atoms with Crippen LogP contribution in [0.3, 0.4) is 0 Å². The fraction of sp³-hybridized carbons (Fsp3) is 0.833. The van der Waals surface area contributed by atoms with Crippen molar-refractivity contribution in [1.29, 1.82) is 0 Å². The zero-order chi connectivity index (χ0) is 20.1. The van der Waals surface area contributed by atoms with Crippen LogP contribution in [-0.2, 0) is 9.53 Å². The first-order valence-electron chi connectivity index (χ1n) is 8.40. The maximum atomic E-state index is 10.5. The maximum Gasteiger partial charge on any atom is 3.00 e. The number of hydrogen-bond acceptors (Lipinski definition) is 6. The molecule has 0 saturated carbocycles. The van der Waals surface area contributed by atoms with Gasteiger partial charge >= 0.3 is 23.3 Å². The molecule has 25 heavy (non-hydrogen) atoms. The molecule has 0 rings (SSSR count). The molecule has 0 aromatic carbocycles. The second kappa shape index (κ2) is 28.4. The van der Waals surface area contributed by atoms with E-state index < -0.39 is 5.97 Å². The van der Waals surface area contributed by atoms with Crippen LogP contribution in [0.4, 0.5) is 0 Å². The van der Waals surface area contributed by atoms with Gasteiger partial charge in [0.2, 0.25) is 0 Å². The molecule has 0 radical (unpaired) electrons. The van der Waals surface area contributed by atoms with Crippen LogP contribution >= 0.6 is 0 Å². The van der Waals surface area contributed by atoms with Crippen molar-refractivity contribution in [2.24, 2.45) is 0 Å². The molecule has 3 atom stereocenters. The van der Waals surface area contributed by atoms with Crippen molar-refractivity contribution in [3.8, 4) is 0 Å². The minimum absolute atomic E-state index is 0. The van der Waals surface area contributed by atoms with Crippen molar-refractivity contribution in [3.05, 3.63) is 12.2 Å². The molecule has 0 bridgehead atoms. The smallest absolute Gasteiger partial charge is 0.852 e. The standard InChI is InChI=1S/C6H10O3.3C4H9O.Al/c1-5(2)6(8)9-4-3-7;3*1-3-4(2)5;/h7H,1,3-4H2,2H3;3*4H,3H2,1-2H3;/q;3*-1;+3. The van der Waals surface area contributed by atoms with E-state index in [1.54, 1.807) is 27.7 Å². The Balaban J connectivity index is -0.0000000733. The van der Waals surface area contributed by atoms with Gasteiger partial charge in [0, 0.05) is 5.57 Å². The molecular formula is C18H37AlO6. The molecule has 3 unspecified atom stereocenters. The summed E-state index contributed by atoms with van der Waals surface area (Å²) in [5, 5.41) is 37.9. The Bertz CT molecular complexity index is 249. The van der Waals surface area contributed by atoms with Crippen LogP contribution < -0.4 is 15.3 Å². The molecule has 6 nitrogen and oxygen atoms in total. The first-order valence-corrected chi connectivity index (χ1v) is 8.40. The van der Waals surface area contributed by atoms with Crippen molar-refractivity contribution < 1.29 is 30.0 Å². The number of ether oxygens (including phenoxy) is 1. The molecule has 0 aliphatic carbocycles. The van der Waals surface area contributed by atoms with Crippen molar-refractivity contribution in [2.75, 3.05) is 13.2 Å². The van der Waals surface area contributed by atoms with Gasteiger partial charge in [-0.05, 0) is 6.92 Å². The largest absolute Gasteiger partial charge is 3.00 e. The molecule has 0 fully saturated rings. The van der Waals surface area contributed by atoms with Crippen molar-refractivity contribution in [1.82, 2.24) is 0 Å². The third-order valence-corrected chi connectivity index (χ3v) is 2.40. The Morgan fingerprint density at radius 3 is 1.32 bits per heavy atom. The summed E-state index contributed by atoms with van der Waals surface area (Å²) in [6.45, 7) is 15.5. The summed E-state index contributed by atoms with van der Waals surface area (Å²) < 4.78 is 4.46. The summed E-state index contributed by atoms with van der Waals surface area (Å²) in [5.74, 6) is -0.455.